The molecule has 1 spiro atoms. The number of likely N-dealkylation sites (tertiary alicyclic amines) is 1. The van der Waals surface area contributed by atoms with E-state index < -0.39 is 21.7 Å². The molecular formula is C17H24N4O4S. The number of nitroso groups, excluding NO2 is 1. The van der Waals surface area contributed by atoms with Gasteiger partial charge < -0.3 is 10.0 Å². The molecule has 9 heteroatoms. The zero-order valence-electron chi connectivity index (χ0n) is 14.8. The van der Waals surface area contributed by atoms with E-state index in [1.54, 1.807) is 16.4 Å². The number of anilines is 1. The Kier molecular flexibility index (Phi) is 4.30. The second kappa shape index (κ2) is 6.26. The summed E-state index contributed by atoms with van der Waals surface area (Å²) in [5.41, 5.74) is 1.48. The topological polar surface area (TPSA) is 93.5 Å². The lowest BCUT2D eigenvalue weighted by molar-refractivity contribution is 0.0943. The Morgan fingerprint density at radius 2 is 2.00 bits per heavy atom. The molecule has 3 heterocycles. The van der Waals surface area contributed by atoms with Crippen molar-refractivity contribution in [3.8, 4) is 0 Å². The first-order valence-electron chi connectivity index (χ1n) is 8.98. The monoisotopic (exact) mass is 380 g/mol. The highest BCUT2D eigenvalue weighted by Crippen LogP contribution is 2.50. The smallest absolute Gasteiger partial charge is 0.218 e. The zero-order chi connectivity index (χ0) is 18.5. The first-order chi connectivity index (χ1) is 12.4. The molecule has 2 atom stereocenters. The van der Waals surface area contributed by atoms with E-state index >= 15 is 0 Å². The molecule has 3 aliphatic heterocycles. The van der Waals surface area contributed by atoms with Gasteiger partial charge in [0.25, 0.3) is 0 Å². The summed E-state index contributed by atoms with van der Waals surface area (Å²) in [6.45, 7) is 2.59. The van der Waals surface area contributed by atoms with Crippen LogP contribution >= 0.6 is 0 Å². The Morgan fingerprint density at radius 3 is 2.62 bits per heavy atom. The fraction of sp³-hybridized carbons (Fsp3) is 0.647. The van der Waals surface area contributed by atoms with Crippen molar-refractivity contribution >= 4 is 15.7 Å². The van der Waals surface area contributed by atoms with Gasteiger partial charge in [0.15, 0.2) is 6.23 Å². The minimum Gasteiger partial charge on any atom is -0.371 e. The van der Waals surface area contributed by atoms with Crippen LogP contribution in [0.2, 0.25) is 0 Å². The molecule has 0 aliphatic carbocycles. The van der Waals surface area contributed by atoms with Gasteiger partial charge in [0.05, 0.1) is 22.1 Å². The van der Waals surface area contributed by atoms with E-state index in [0.29, 0.717) is 37.3 Å². The van der Waals surface area contributed by atoms with Crippen molar-refractivity contribution < 1.29 is 13.5 Å². The fourth-order valence-corrected chi connectivity index (χ4v) is 6.19. The van der Waals surface area contributed by atoms with Crippen molar-refractivity contribution in [1.82, 2.24) is 9.21 Å². The maximum atomic E-state index is 12.6. The number of likely N-dealkylation sites (N-methyl/N-ethyl adjacent to an activating group) is 1. The molecule has 0 bridgehead atoms. The molecule has 1 N–H and O–H groups in total. The maximum absolute atomic E-state index is 12.6. The molecule has 0 radical (unpaired) electrons. The summed E-state index contributed by atoms with van der Waals surface area (Å²) in [6.07, 6.45) is 1.49. The lowest BCUT2D eigenvalue weighted by atomic mass is 9.79. The van der Waals surface area contributed by atoms with Gasteiger partial charge in [0.2, 0.25) is 10.0 Å². The van der Waals surface area contributed by atoms with E-state index in [1.165, 1.54) is 0 Å². The van der Waals surface area contributed by atoms with Crippen molar-refractivity contribution in [2.24, 2.45) is 5.29 Å². The number of benzene rings is 1. The minimum atomic E-state index is -3.35. The summed E-state index contributed by atoms with van der Waals surface area (Å²) in [4.78, 5) is 13.4. The number of hydrogen-bond acceptors (Lipinski definition) is 6. The van der Waals surface area contributed by atoms with Crippen LogP contribution < -0.4 is 5.01 Å². The Bertz CT molecular complexity index is 824. The molecule has 3 aliphatic rings. The second-order valence-corrected chi connectivity index (χ2v) is 9.63. The van der Waals surface area contributed by atoms with Crippen molar-refractivity contribution in [2.75, 3.05) is 38.2 Å². The van der Waals surface area contributed by atoms with Crippen LogP contribution in [-0.2, 0) is 21.2 Å². The van der Waals surface area contributed by atoms with E-state index in [2.05, 4.69) is 10.2 Å². The molecule has 1 aromatic carbocycles. The Hall–Kier alpha value is -1.55. The lowest BCUT2D eigenvalue weighted by Crippen LogP contribution is -2.44. The highest BCUT2D eigenvalue weighted by molar-refractivity contribution is 7.88. The summed E-state index contributed by atoms with van der Waals surface area (Å²) in [5, 5.41) is 14.9. The average Bonchev–Trinajstić information content (AvgIpc) is 3.30. The number of sulfonamides is 1. The van der Waals surface area contributed by atoms with Gasteiger partial charge in [-0.05, 0) is 50.0 Å². The number of aliphatic hydroxyl groups excluding tert-OH is 1. The minimum absolute atomic E-state index is 0.0587. The van der Waals surface area contributed by atoms with Crippen LogP contribution in [-0.4, -0.2) is 62.2 Å². The van der Waals surface area contributed by atoms with E-state index in [4.69, 9.17) is 0 Å². The van der Waals surface area contributed by atoms with Crippen LogP contribution in [0.25, 0.3) is 0 Å². The first-order valence-corrected chi connectivity index (χ1v) is 10.6. The first kappa shape index (κ1) is 17.8. The van der Waals surface area contributed by atoms with Gasteiger partial charge >= 0.3 is 0 Å². The molecule has 2 saturated heterocycles. The summed E-state index contributed by atoms with van der Waals surface area (Å²) in [6, 6.07) is 5.27. The van der Waals surface area contributed by atoms with Crippen LogP contribution in [0.5, 0.6) is 0 Å². The van der Waals surface area contributed by atoms with Crippen molar-refractivity contribution in [3.63, 3.8) is 0 Å². The van der Waals surface area contributed by atoms with Crippen LogP contribution in [0.3, 0.4) is 0 Å². The quantitative estimate of drug-likeness (QED) is 0.784. The molecule has 0 saturated carbocycles. The summed E-state index contributed by atoms with van der Waals surface area (Å²) in [5.74, 6) is -0.0587. The molecule has 2 fully saturated rings. The van der Waals surface area contributed by atoms with E-state index in [1.807, 2.05) is 13.1 Å². The van der Waals surface area contributed by atoms with Crippen molar-refractivity contribution in [2.45, 2.75) is 36.7 Å². The van der Waals surface area contributed by atoms with Crippen LogP contribution in [0.1, 0.15) is 30.4 Å². The largest absolute Gasteiger partial charge is 0.371 e. The third kappa shape index (κ3) is 2.65. The van der Waals surface area contributed by atoms with Crippen LogP contribution in [0.4, 0.5) is 5.69 Å². The third-order valence-electron chi connectivity index (χ3n) is 5.96. The zero-order valence-corrected chi connectivity index (χ0v) is 15.7. The number of hydrogen-bond donors (Lipinski definition) is 1. The highest BCUT2D eigenvalue weighted by Gasteiger charge is 2.54. The molecule has 4 rings (SSSR count). The number of nitrogens with zero attached hydrogens (tertiary/aromatic N) is 4. The molecule has 2 unspecified atom stereocenters. The molecule has 0 aromatic heterocycles. The van der Waals surface area contributed by atoms with Gasteiger partial charge in [-0.15, -0.1) is 4.91 Å². The molecule has 142 valence electrons. The van der Waals surface area contributed by atoms with Crippen molar-refractivity contribution in [1.29, 1.82) is 0 Å². The summed E-state index contributed by atoms with van der Waals surface area (Å²) in [7, 11) is -1.38. The second-order valence-electron chi connectivity index (χ2n) is 7.66. The Labute approximate surface area is 153 Å². The highest BCUT2D eigenvalue weighted by atomic mass is 32.2. The number of fused-ring (bicyclic) bond motifs is 2. The Morgan fingerprint density at radius 1 is 1.27 bits per heavy atom. The van der Waals surface area contributed by atoms with Crippen LogP contribution in [0, 0.1) is 4.91 Å². The van der Waals surface area contributed by atoms with Gasteiger partial charge in [0, 0.05) is 19.6 Å². The molecule has 1 aromatic rings. The predicted octanol–water partition coefficient (Wildman–Crippen LogP) is 1.01. The standard InChI is InChI=1S/C17H24N4O4S/c1-19-9-6-17(12-19)14-10-13(4-5-15(14)21(18-23)16(17)22)11-26(24,25)20-7-2-3-8-20/h4-5,10,16,22H,2-3,6-9,11-12H2,1H3. The molecule has 26 heavy (non-hydrogen) atoms. The average molecular weight is 380 g/mol. The molecular weight excluding hydrogens is 356 g/mol. The normalized spacial score (nSPS) is 29.6. The van der Waals surface area contributed by atoms with Gasteiger partial charge in [-0.25, -0.2) is 12.7 Å². The predicted molar refractivity (Wildman–Crippen MR) is 97.9 cm³/mol. The van der Waals surface area contributed by atoms with Gasteiger partial charge in [-0.2, -0.15) is 5.01 Å². The lowest BCUT2D eigenvalue weighted by Gasteiger charge is -2.29. The van der Waals surface area contributed by atoms with E-state index in [-0.39, 0.29) is 5.75 Å². The number of aliphatic hydroxyl groups is 1. The summed E-state index contributed by atoms with van der Waals surface area (Å²) >= 11 is 0. The maximum Gasteiger partial charge on any atom is 0.218 e. The Balaban J connectivity index is 1.70. The van der Waals surface area contributed by atoms with Gasteiger partial charge in [-0.1, -0.05) is 12.1 Å². The van der Waals surface area contributed by atoms with Crippen molar-refractivity contribution in [3.05, 3.63) is 34.2 Å². The van der Waals surface area contributed by atoms with E-state index in [0.717, 1.165) is 30.0 Å². The molecule has 8 nitrogen and oxygen atoms in total. The van der Waals surface area contributed by atoms with Crippen LogP contribution in [0.15, 0.2) is 23.5 Å². The fourth-order valence-electron chi connectivity index (χ4n) is 4.59. The molecule has 0 amide bonds. The summed E-state index contributed by atoms with van der Waals surface area (Å²) < 4.78 is 26.8. The van der Waals surface area contributed by atoms with Gasteiger partial charge in [0.1, 0.15) is 0 Å². The van der Waals surface area contributed by atoms with E-state index in [9.17, 15) is 18.4 Å². The SMILES string of the molecule is CN1CCC2(C1)c1cc(CS(=O)(=O)N3CCCC3)ccc1N(N=O)C2O. The van der Waals surface area contributed by atoms with Gasteiger partial charge in [-0.3, -0.25) is 0 Å². The third-order valence-corrected chi connectivity index (χ3v) is 7.81. The number of rotatable bonds is 4.